The van der Waals surface area contributed by atoms with Gasteiger partial charge in [0.1, 0.15) is 0 Å². The predicted molar refractivity (Wildman–Crippen MR) is 74.3 cm³/mol. The van der Waals surface area contributed by atoms with Crippen LogP contribution in [-0.4, -0.2) is 16.2 Å². The Morgan fingerprint density at radius 3 is 3.17 bits per heavy atom. The van der Waals surface area contributed by atoms with Gasteiger partial charge >= 0.3 is 0 Å². The summed E-state index contributed by atoms with van der Waals surface area (Å²) in [6, 6.07) is 6.48. The Hall–Kier alpha value is -1.79. The molecule has 0 bridgehead atoms. The average Bonchev–Trinajstić information content (AvgIpc) is 2.82. The van der Waals surface area contributed by atoms with Crippen LogP contribution in [-0.2, 0) is 0 Å². The Bertz CT molecular complexity index is 536. The highest BCUT2D eigenvalue weighted by Gasteiger charge is 2.14. The van der Waals surface area contributed by atoms with Crippen molar-refractivity contribution >= 4 is 5.52 Å². The maximum absolute atomic E-state index is 5.31. The Balaban J connectivity index is 2.21. The first-order valence-corrected chi connectivity index (χ1v) is 6.46. The van der Waals surface area contributed by atoms with Gasteiger partial charge < -0.3 is 5.32 Å². The molecule has 0 aliphatic carbocycles. The van der Waals surface area contributed by atoms with Crippen molar-refractivity contribution in [3.63, 3.8) is 0 Å². The summed E-state index contributed by atoms with van der Waals surface area (Å²) in [6.45, 7) is 3.07. The summed E-state index contributed by atoms with van der Waals surface area (Å²) in [5.41, 5.74) is 2.43. The molecule has 0 saturated heterocycles. The molecule has 1 atom stereocenters. The topological polar surface area (TPSA) is 29.3 Å². The van der Waals surface area contributed by atoms with Gasteiger partial charge in [-0.15, -0.1) is 12.3 Å². The largest absolute Gasteiger partial charge is 0.310 e. The van der Waals surface area contributed by atoms with Crippen molar-refractivity contribution in [2.45, 2.75) is 32.2 Å². The third-order valence-corrected chi connectivity index (χ3v) is 3.10. The smallest absolute Gasteiger partial charge is 0.0709 e. The number of unbranched alkanes of at least 4 members (excludes halogenated alkanes) is 1. The number of terminal acetylenes is 1. The van der Waals surface area contributed by atoms with Crippen LogP contribution in [0.5, 0.6) is 0 Å². The Kier molecular flexibility index (Phi) is 4.38. The lowest BCUT2D eigenvalue weighted by Crippen LogP contribution is -2.20. The number of fused-ring (bicyclic) bond motifs is 1. The molecule has 0 aliphatic heterocycles. The van der Waals surface area contributed by atoms with Crippen LogP contribution in [0.2, 0.25) is 0 Å². The average molecular weight is 241 g/mol. The van der Waals surface area contributed by atoms with Gasteiger partial charge in [0, 0.05) is 24.2 Å². The minimum absolute atomic E-state index is 0.336. The molecule has 0 aromatic carbocycles. The molecule has 2 heterocycles. The number of nitrogens with one attached hydrogen (secondary N) is 1. The first kappa shape index (κ1) is 12.7. The molecule has 2 rings (SSSR count). The minimum atomic E-state index is 0.336. The molecule has 0 fully saturated rings. The van der Waals surface area contributed by atoms with E-state index in [-0.39, 0.29) is 0 Å². The van der Waals surface area contributed by atoms with Crippen LogP contribution in [0.15, 0.2) is 30.6 Å². The SMILES string of the molecule is C#CCCCC(NCC)c1cnn2ccccc12. The number of rotatable bonds is 6. The van der Waals surface area contributed by atoms with E-state index in [1.54, 1.807) is 0 Å². The van der Waals surface area contributed by atoms with Gasteiger partial charge in [-0.3, -0.25) is 0 Å². The Labute approximate surface area is 108 Å². The van der Waals surface area contributed by atoms with Gasteiger partial charge in [0.05, 0.1) is 11.7 Å². The molecule has 18 heavy (non-hydrogen) atoms. The van der Waals surface area contributed by atoms with Gasteiger partial charge in [-0.25, -0.2) is 4.52 Å². The van der Waals surface area contributed by atoms with E-state index in [0.717, 1.165) is 25.8 Å². The summed E-state index contributed by atoms with van der Waals surface area (Å²) < 4.78 is 1.92. The molecule has 1 N–H and O–H groups in total. The standard InChI is InChI=1S/C15H19N3/c1-3-5-6-9-14(16-4-2)13-12-17-18-11-8-7-10-15(13)18/h1,7-8,10-12,14,16H,4-6,9H2,2H3. The molecule has 0 saturated carbocycles. The van der Waals surface area contributed by atoms with Crippen molar-refractivity contribution in [3.8, 4) is 12.3 Å². The number of nitrogens with zero attached hydrogens (tertiary/aromatic N) is 2. The number of pyridine rings is 1. The van der Waals surface area contributed by atoms with Crippen LogP contribution < -0.4 is 5.32 Å². The molecule has 0 radical (unpaired) electrons. The van der Waals surface area contributed by atoms with Crippen LogP contribution in [0, 0.1) is 12.3 Å². The first-order chi connectivity index (χ1) is 8.86. The van der Waals surface area contributed by atoms with Crippen LogP contribution in [0.1, 0.15) is 37.8 Å². The van der Waals surface area contributed by atoms with E-state index in [9.17, 15) is 0 Å². The second kappa shape index (κ2) is 6.23. The van der Waals surface area contributed by atoms with Crippen molar-refractivity contribution in [2.24, 2.45) is 0 Å². The monoisotopic (exact) mass is 241 g/mol. The minimum Gasteiger partial charge on any atom is -0.310 e. The maximum atomic E-state index is 5.31. The van der Waals surface area contributed by atoms with Crippen LogP contribution >= 0.6 is 0 Å². The molecule has 2 aromatic rings. The summed E-state index contributed by atoms with van der Waals surface area (Å²) in [7, 11) is 0. The van der Waals surface area contributed by atoms with Gasteiger partial charge in [0.15, 0.2) is 0 Å². The Morgan fingerprint density at radius 1 is 1.50 bits per heavy atom. The predicted octanol–water partition coefficient (Wildman–Crippen LogP) is 2.79. The molecule has 2 aromatic heterocycles. The van der Waals surface area contributed by atoms with E-state index >= 15 is 0 Å². The van der Waals surface area contributed by atoms with Gasteiger partial charge in [-0.2, -0.15) is 5.10 Å². The molecular formula is C15H19N3. The third kappa shape index (κ3) is 2.72. The van der Waals surface area contributed by atoms with Crippen molar-refractivity contribution < 1.29 is 0 Å². The number of aromatic nitrogens is 2. The van der Waals surface area contributed by atoms with Crippen LogP contribution in [0.25, 0.3) is 5.52 Å². The summed E-state index contributed by atoms with van der Waals surface area (Å²) in [4.78, 5) is 0. The molecule has 94 valence electrons. The Morgan fingerprint density at radius 2 is 2.39 bits per heavy atom. The molecule has 0 spiro atoms. The lowest BCUT2D eigenvalue weighted by atomic mass is 10.0. The molecule has 0 aliphatic rings. The lowest BCUT2D eigenvalue weighted by molar-refractivity contribution is 0.504. The third-order valence-electron chi connectivity index (χ3n) is 3.10. The van der Waals surface area contributed by atoms with Gasteiger partial charge in [-0.05, 0) is 31.5 Å². The van der Waals surface area contributed by atoms with E-state index in [0.29, 0.717) is 6.04 Å². The van der Waals surface area contributed by atoms with Gasteiger partial charge in [0.2, 0.25) is 0 Å². The second-order valence-electron chi connectivity index (χ2n) is 4.34. The van der Waals surface area contributed by atoms with E-state index < -0.39 is 0 Å². The fourth-order valence-corrected chi connectivity index (χ4v) is 2.24. The number of hydrogen-bond donors (Lipinski definition) is 1. The van der Waals surface area contributed by atoms with Gasteiger partial charge in [-0.1, -0.05) is 13.0 Å². The van der Waals surface area contributed by atoms with Crippen LogP contribution in [0.4, 0.5) is 0 Å². The fraction of sp³-hybridized carbons (Fsp3) is 0.400. The van der Waals surface area contributed by atoms with Crippen molar-refractivity contribution in [1.82, 2.24) is 14.9 Å². The highest BCUT2D eigenvalue weighted by atomic mass is 15.2. The van der Waals surface area contributed by atoms with E-state index in [2.05, 4.69) is 29.3 Å². The zero-order valence-electron chi connectivity index (χ0n) is 10.8. The summed E-state index contributed by atoms with van der Waals surface area (Å²) in [5, 5.41) is 7.90. The molecular weight excluding hydrogens is 222 g/mol. The van der Waals surface area contributed by atoms with Crippen molar-refractivity contribution in [2.75, 3.05) is 6.54 Å². The van der Waals surface area contributed by atoms with Gasteiger partial charge in [0.25, 0.3) is 0 Å². The summed E-state index contributed by atoms with van der Waals surface area (Å²) in [6.07, 6.45) is 12.2. The highest BCUT2D eigenvalue weighted by Crippen LogP contribution is 2.23. The van der Waals surface area contributed by atoms with E-state index in [1.807, 2.05) is 29.0 Å². The molecule has 3 heteroatoms. The summed E-state index contributed by atoms with van der Waals surface area (Å²) in [5.74, 6) is 2.70. The quantitative estimate of drug-likeness (QED) is 0.622. The normalized spacial score (nSPS) is 12.4. The zero-order chi connectivity index (χ0) is 12.8. The fourth-order valence-electron chi connectivity index (χ4n) is 2.24. The molecule has 0 amide bonds. The highest BCUT2D eigenvalue weighted by molar-refractivity contribution is 5.54. The van der Waals surface area contributed by atoms with E-state index in [4.69, 9.17) is 6.42 Å². The second-order valence-corrected chi connectivity index (χ2v) is 4.34. The molecule has 1 unspecified atom stereocenters. The van der Waals surface area contributed by atoms with Crippen molar-refractivity contribution in [3.05, 3.63) is 36.2 Å². The maximum Gasteiger partial charge on any atom is 0.0709 e. The van der Waals surface area contributed by atoms with Crippen LogP contribution in [0.3, 0.4) is 0 Å². The first-order valence-electron chi connectivity index (χ1n) is 6.46. The molecule has 3 nitrogen and oxygen atoms in total. The lowest BCUT2D eigenvalue weighted by Gasteiger charge is -2.16. The zero-order valence-corrected chi connectivity index (χ0v) is 10.8. The van der Waals surface area contributed by atoms with Crippen molar-refractivity contribution in [1.29, 1.82) is 0 Å². The summed E-state index contributed by atoms with van der Waals surface area (Å²) >= 11 is 0. The van der Waals surface area contributed by atoms with E-state index in [1.165, 1.54) is 11.1 Å². The number of hydrogen-bond acceptors (Lipinski definition) is 2.